The lowest BCUT2D eigenvalue weighted by Crippen LogP contribution is -2.34. The van der Waals surface area contributed by atoms with Gasteiger partial charge in [0.05, 0.1) is 6.10 Å². The van der Waals surface area contributed by atoms with Gasteiger partial charge in [-0.1, -0.05) is 54.6 Å². The van der Waals surface area contributed by atoms with E-state index in [0.29, 0.717) is 12.0 Å². The summed E-state index contributed by atoms with van der Waals surface area (Å²) >= 11 is 0. The largest absolute Gasteiger partial charge is 0.390 e. The third-order valence-electron chi connectivity index (χ3n) is 3.85. The lowest BCUT2D eigenvalue weighted by Gasteiger charge is -2.17. The zero-order chi connectivity index (χ0) is 15.9. The van der Waals surface area contributed by atoms with Crippen LogP contribution >= 0.6 is 0 Å². The predicted octanol–water partition coefficient (Wildman–Crippen LogP) is 2.92. The molecular weight excluding hydrogens is 276 g/mol. The van der Waals surface area contributed by atoms with Crippen molar-refractivity contribution in [3.05, 3.63) is 71.3 Å². The van der Waals surface area contributed by atoms with Crippen LogP contribution in [0.2, 0.25) is 0 Å². The van der Waals surface area contributed by atoms with E-state index in [2.05, 4.69) is 0 Å². The van der Waals surface area contributed by atoms with Crippen molar-refractivity contribution < 1.29 is 15.0 Å². The Labute approximate surface area is 131 Å². The average Bonchev–Trinajstić information content (AvgIpc) is 2.55. The van der Waals surface area contributed by atoms with Crippen molar-refractivity contribution in [1.82, 2.24) is 0 Å². The van der Waals surface area contributed by atoms with Crippen molar-refractivity contribution in [3.63, 3.8) is 0 Å². The van der Waals surface area contributed by atoms with Gasteiger partial charge >= 0.3 is 0 Å². The van der Waals surface area contributed by atoms with Crippen molar-refractivity contribution in [3.8, 4) is 0 Å². The lowest BCUT2D eigenvalue weighted by molar-refractivity contribution is 0.0170. The number of ketones is 1. The van der Waals surface area contributed by atoms with Crippen molar-refractivity contribution >= 4 is 5.78 Å². The summed E-state index contributed by atoms with van der Waals surface area (Å²) in [6.07, 6.45) is -0.451. The van der Waals surface area contributed by atoms with Crippen LogP contribution in [0.1, 0.15) is 34.3 Å². The Hall–Kier alpha value is -1.97. The van der Waals surface area contributed by atoms with Crippen molar-refractivity contribution in [2.24, 2.45) is 0 Å². The van der Waals surface area contributed by atoms with Gasteiger partial charge in [-0.15, -0.1) is 0 Å². The summed E-state index contributed by atoms with van der Waals surface area (Å²) < 4.78 is 0. The van der Waals surface area contributed by atoms with Gasteiger partial charge in [0.2, 0.25) is 0 Å². The highest BCUT2D eigenvalue weighted by molar-refractivity contribution is 6.00. The number of aliphatic hydroxyl groups excluding tert-OH is 2. The minimum absolute atomic E-state index is 0.397. The Morgan fingerprint density at radius 3 is 2.32 bits per heavy atom. The summed E-state index contributed by atoms with van der Waals surface area (Å²) in [6, 6.07) is 17.1. The summed E-state index contributed by atoms with van der Waals surface area (Å²) in [6.45, 7) is 1.82. The second-order valence-corrected chi connectivity index (χ2v) is 5.57. The molecule has 3 heteroatoms. The number of carbonyl (C=O) groups excluding carboxylic acids is 1. The first kappa shape index (κ1) is 16.4. The van der Waals surface area contributed by atoms with E-state index in [1.807, 2.05) is 49.4 Å². The maximum absolute atomic E-state index is 12.2. The molecule has 0 aliphatic heterocycles. The first-order chi connectivity index (χ1) is 10.6. The summed E-state index contributed by atoms with van der Waals surface area (Å²) in [4.78, 5) is 12.2. The van der Waals surface area contributed by atoms with Crippen LogP contribution in [0.3, 0.4) is 0 Å². The zero-order valence-corrected chi connectivity index (χ0v) is 12.8. The Kier molecular flexibility index (Phi) is 5.87. The van der Waals surface area contributed by atoms with Gasteiger partial charge in [-0.05, 0) is 37.3 Å². The lowest BCUT2D eigenvalue weighted by atomic mass is 9.95. The SMILES string of the molecule is Cc1ccccc1C(=O)[C@H](O)[C@H](O)CCCc1ccccc1. The fraction of sp³-hybridized carbons (Fsp3) is 0.316. The van der Waals surface area contributed by atoms with Gasteiger partial charge in [0.25, 0.3) is 0 Å². The maximum Gasteiger partial charge on any atom is 0.194 e. The molecule has 0 bridgehead atoms. The topological polar surface area (TPSA) is 57.5 Å². The van der Waals surface area contributed by atoms with E-state index in [-0.39, 0.29) is 0 Å². The van der Waals surface area contributed by atoms with Crippen LogP contribution in [0.15, 0.2) is 54.6 Å². The zero-order valence-electron chi connectivity index (χ0n) is 12.8. The molecule has 0 spiro atoms. The van der Waals surface area contributed by atoms with Gasteiger partial charge in [-0.2, -0.15) is 0 Å². The van der Waals surface area contributed by atoms with Gasteiger partial charge in [-0.25, -0.2) is 0 Å². The third kappa shape index (κ3) is 4.26. The quantitative estimate of drug-likeness (QED) is 0.773. The van der Waals surface area contributed by atoms with E-state index in [4.69, 9.17) is 0 Å². The molecule has 0 amide bonds. The number of aryl methyl sites for hydroxylation is 2. The van der Waals surface area contributed by atoms with Crippen LogP contribution in [0.5, 0.6) is 0 Å². The average molecular weight is 298 g/mol. The molecule has 2 N–H and O–H groups in total. The summed E-state index contributed by atoms with van der Waals surface area (Å²) in [7, 11) is 0. The molecule has 0 saturated heterocycles. The number of rotatable bonds is 7. The molecule has 0 unspecified atom stereocenters. The second-order valence-electron chi connectivity index (χ2n) is 5.57. The van der Waals surface area contributed by atoms with Gasteiger partial charge in [0.1, 0.15) is 6.10 Å². The third-order valence-corrected chi connectivity index (χ3v) is 3.85. The Morgan fingerprint density at radius 1 is 1.00 bits per heavy atom. The monoisotopic (exact) mass is 298 g/mol. The van der Waals surface area contributed by atoms with Crippen LogP contribution < -0.4 is 0 Å². The van der Waals surface area contributed by atoms with E-state index >= 15 is 0 Å². The predicted molar refractivity (Wildman–Crippen MR) is 86.9 cm³/mol. The van der Waals surface area contributed by atoms with Gasteiger partial charge < -0.3 is 10.2 Å². The normalized spacial score (nSPS) is 13.6. The second kappa shape index (κ2) is 7.87. The van der Waals surface area contributed by atoms with Crippen LogP contribution in [0.4, 0.5) is 0 Å². The van der Waals surface area contributed by atoms with Gasteiger partial charge in [0, 0.05) is 5.56 Å². The van der Waals surface area contributed by atoms with E-state index < -0.39 is 18.0 Å². The summed E-state index contributed by atoms with van der Waals surface area (Å²) in [5.41, 5.74) is 2.47. The number of aliphatic hydroxyl groups is 2. The van der Waals surface area contributed by atoms with E-state index in [1.54, 1.807) is 12.1 Å². The fourth-order valence-electron chi connectivity index (χ4n) is 2.50. The molecule has 3 nitrogen and oxygen atoms in total. The molecule has 22 heavy (non-hydrogen) atoms. The highest BCUT2D eigenvalue weighted by Gasteiger charge is 2.25. The van der Waals surface area contributed by atoms with Gasteiger partial charge in [0.15, 0.2) is 5.78 Å². The number of carbonyl (C=O) groups is 1. The van der Waals surface area contributed by atoms with Crippen LogP contribution in [-0.4, -0.2) is 28.2 Å². The Balaban J connectivity index is 1.88. The molecule has 2 rings (SSSR count). The summed E-state index contributed by atoms with van der Waals surface area (Å²) in [5, 5.41) is 20.1. The molecular formula is C19H22O3. The molecule has 0 aliphatic carbocycles. The molecule has 0 saturated carbocycles. The summed E-state index contributed by atoms with van der Waals surface area (Å²) in [5.74, 6) is -0.412. The fourth-order valence-corrected chi connectivity index (χ4v) is 2.50. The van der Waals surface area contributed by atoms with Crippen LogP contribution in [0.25, 0.3) is 0 Å². The number of hydrogen-bond donors (Lipinski definition) is 2. The molecule has 0 aliphatic rings. The molecule has 0 aromatic heterocycles. The molecule has 0 heterocycles. The molecule has 2 atom stereocenters. The molecule has 2 aromatic carbocycles. The van der Waals surface area contributed by atoms with Crippen molar-refractivity contribution in [2.45, 2.75) is 38.4 Å². The maximum atomic E-state index is 12.2. The minimum atomic E-state index is -1.36. The van der Waals surface area contributed by atoms with Crippen LogP contribution in [0, 0.1) is 6.92 Å². The van der Waals surface area contributed by atoms with Gasteiger partial charge in [-0.3, -0.25) is 4.79 Å². The smallest absolute Gasteiger partial charge is 0.194 e. The highest BCUT2D eigenvalue weighted by atomic mass is 16.3. The first-order valence-electron chi connectivity index (χ1n) is 7.59. The van der Waals surface area contributed by atoms with Crippen molar-refractivity contribution in [2.75, 3.05) is 0 Å². The number of Topliss-reactive ketones (excluding diaryl/α,β-unsaturated/α-hetero) is 1. The van der Waals surface area contributed by atoms with E-state index in [9.17, 15) is 15.0 Å². The van der Waals surface area contributed by atoms with Crippen molar-refractivity contribution in [1.29, 1.82) is 0 Å². The molecule has 116 valence electrons. The molecule has 0 radical (unpaired) electrons. The van der Waals surface area contributed by atoms with E-state index in [1.165, 1.54) is 5.56 Å². The van der Waals surface area contributed by atoms with Crippen LogP contribution in [-0.2, 0) is 6.42 Å². The number of hydrogen-bond acceptors (Lipinski definition) is 3. The molecule has 2 aromatic rings. The highest BCUT2D eigenvalue weighted by Crippen LogP contribution is 2.15. The Bertz CT molecular complexity index is 607. The first-order valence-corrected chi connectivity index (χ1v) is 7.59. The Morgan fingerprint density at radius 2 is 1.64 bits per heavy atom. The molecule has 0 fully saturated rings. The number of benzene rings is 2. The van der Waals surface area contributed by atoms with E-state index in [0.717, 1.165) is 18.4 Å². The standard InChI is InChI=1S/C19H22O3/c1-14-8-5-6-12-16(14)18(21)19(22)17(20)13-7-11-15-9-3-2-4-10-15/h2-6,8-10,12,17,19-20,22H,7,11,13H2,1H3/t17-,19-/m1/s1. The minimum Gasteiger partial charge on any atom is -0.390 e.